The summed E-state index contributed by atoms with van der Waals surface area (Å²) >= 11 is 0. The second-order valence-corrected chi connectivity index (χ2v) is 5.30. The fraction of sp³-hybridized carbons (Fsp3) is 0.333. The molecule has 1 N–H and O–H groups in total. The number of benzene rings is 2. The molecule has 0 aromatic heterocycles. The predicted octanol–water partition coefficient (Wildman–Crippen LogP) is 4.98. The first-order valence-corrected chi connectivity index (χ1v) is 7.10. The third kappa shape index (κ3) is 3.85. The fourth-order valence-electron chi connectivity index (χ4n) is 2.10. The first kappa shape index (κ1) is 13.7. The summed E-state index contributed by atoms with van der Waals surface area (Å²) in [5, 5.41) is 3.49. The van der Waals surface area contributed by atoms with Gasteiger partial charge in [-0.25, -0.2) is 0 Å². The van der Waals surface area contributed by atoms with Crippen molar-refractivity contribution in [2.24, 2.45) is 0 Å². The van der Waals surface area contributed by atoms with Crippen LogP contribution in [0.4, 0.5) is 5.69 Å². The highest BCUT2D eigenvalue weighted by Gasteiger charge is 2.00. The Morgan fingerprint density at radius 2 is 1.63 bits per heavy atom. The minimum atomic E-state index is 0.575. The van der Waals surface area contributed by atoms with E-state index in [0.717, 1.165) is 13.0 Å². The zero-order valence-electron chi connectivity index (χ0n) is 12.1. The van der Waals surface area contributed by atoms with E-state index in [2.05, 4.69) is 74.6 Å². The standard InChI is InChI=1S/C18H23N/c1-4-15-8-10-16(11-9-15)13-19-18-7-5-6-17(12-18)14(2)3/h5-12,14,19H,4,13H2,1-3H3. The number of rotatable bonds is 5. The number of hydrogen-bond acceptors (Lipinski definition) is 1. The van der Waals surface area contributed by atoms with Gasteiger partial charge in [0.1, 0.15) is 0 Å². The summed E-state index contributed by atoms with van der Waals surface area (Å²) in [4.78, 5) is 0. The van der Waals surface area contributed by atoms with E-state index in [9.17, 15) is 0 Å². The van der Waals surface area contributed by atoms with Gasteiger partial charge in [-0.15, -0.1) is 0 Å². The summed E-state index contributed by atoms with van der Waals surface area (Å²) in [7, 11) is 0. The Bertz CT molecular complexity index is 511. The average molecular weight is 253 g/mol. The lowest BCUT2D eigenvalue weighted by atomic mass is 10.0. The predicted molar refractivity (Wildman–Crippen MR) is 83.7 cm³/mol. The smallest absolute Gasteiger partial charge is 0.0400 e. The van der Waals surface area contributed by atoms with E-state index in [1.165, 1.54) is 22.4 Å². The molecule has 0 fully saturated rings. The molecule has 0 aliphatic carbocycles. The molecular weight excluding hydrogens is 230 g/mol. The highest BCUT2D eigenvalue weighted by atomic mass is 14.9. The summed E-state index contributed by atoms with van der Waals surface area (Å²) < 4.78 is 0. The van der Waals surface area contributed by atoms with Crippen molar-refractivity contribution >= 4 is 5.69 Å². The molecule has 0 aliphatic heterocycles. The van der Waals surface area contributed by atoms with E-state index in [1.807, 2.05) is 0 Å². The van der Waals surface area contributed by atoms with Crippen molar-refractivity contribution in [3.8, 4) is 0 Å². The summed E-state index contributed by atoms with van der Waals surface area (Å²) in [6.07, 6.45) is 1.10. The molecule has 2 aromatic carbocycles. The molecule has 2 rings (SSSR count). The molecule has 0 saturated heterocycles. The second kappa shape index (κ2) is 6.42. The molecule has 19 heavy (non-hydrogen) atoms. The van der Waals surface area contributed by atoms with Crippen molar-refractivity contribution in [2.45, 2.75) is 39.7 Å². The van der Waals surface area contributed by atoms with E-state index >= 15 is 0 Å². The number of aryl methyl sites for hydroxylation is 1. The number of hydrogen-bond donors (Lipinski definition) is 1. The van der Waals surface area contributed by atoms with Gasteiger partial charge in [-0.3, -0.25) is 0 Å². The number of nitrogens with one attached hydrogen (secondary N) is 1. The molecular formula is C18H23N. The van der Waals surface area contributed by atoms with Crippen molar-refractivity contribution in [1.29, 1.82) is 0 Å². The maximum Gasteiger partial charge on any atom is 0.0400 e. The van der Waals surface area contributed by atoms with Crippen LogP contribution in [0.3, 0.4) is 0 Å². The van der Waals surface area contributed by atoms with Crippen LogP contribution in [-0.4, -0.2) is 0 Å². The minimum absolute atomic E-state index is 0.575. The van der Waals surface area contributed by atoms with Gasteiger partial charge in [0.2, 0.25) is 0 Å². The molecule has 0 unspecified atom stereocenters. The third-order valence-corrected chi connectivity index (χ3v) is 3.48. The molecule has 2 aromatic rings. The molecule has 0 amide bonds. The van der Waals surface area contributed by atoms with Gasteiger partial charge in [-0.2, -0.15) is 0 Å². The molecule has 0 spiro atoms. The zero-order valence-corrected chi connectivity index (χ0v) is 12.1. The first-order chi connectivity index (χ1) is 9.19. The lowest BCUT2D eigenvalue weighted by molar-refractivity contribution is 0.866. The van der Waals surface area contributed by atoms with Gasteiger partial charge in [0.15, 0.2) is 0 Å². The van der Waals surface area contributed by atoms with Crippen LogP contribution in [-0.2, 0) is 13.0 Å². The van der Waals surface area contributed by atoms with Crippen molar-refractivity contribution in [1.82, 2.24) is 0 Å². The van der Waals surface area contributed by atoms with Crippen LogP contribution in [0, 0.1) is 0 Å². The molecule has 0 radical (unpaired) electrons. The Labute approximate surface area is 116 Å². The van der Waals surface area contributed by atoms with Gasteiger partial charge in [-0.05, 0) is 41.2 Å². The third-order valence-electron chi connectivity index (χ3n) is 3.48. The Kier molecular flexibility index (Phi) is 4.62. The van der Waals surface area contributed by atoms with Crippen molar-refractivity contribution in [3.05, 3.63) is 65.2 Å². The quantitative estimate of drug-likeness (QED) is 0.792. The molecule has 1 nitrogen and oxygen atoms in total. The Balaban J connectivity index is 1.99. The van der Waals surface area contributed by atoms with Crippen LogP contribution in [0.15, 0.2) is 48.5 Å². The van der Waals surface area contributed by atoms with Gasteiger partial charge in [0, 0.05) is 12.2 Å². The zero-order chi connectivity index (χ0) is 13.7. The summed E-state index contributed by atoms with van der Waals surface area (Å²) in [5.41, 5.74) is 5.30. The Morgan fingerprint density at radius 1 is 0.947 bits per heavy atom. The molecule has 0 aliphatic rings. The number of anilines is 1. The monoisotopic (exact) mass is 253 g/mol. The Morgan fingerprint density at radius 3 is 2.26 bits per heavy atom. The van der Waals surface area contributed by atoms with E-state index < -0.39 is 0 Å². The lowest BCUT2D eigenvalue weighted by Gasteiger charge is -2.10. The lowest BCUT2D eigenvalue weighted by Crippen LogP contribution is -2.00. The van der Waals surface area contributed by atoms with Gasteiger partial charge in [0.05, 0.1) is 0 Å². The van der Waals surface area contributed by atoms with Crippen LogP contribution >= 0.6 is 0 Å². The summed E-state index contributed by atoms with van der Waals surface area (Å²) in [6, 6.07) is 17.5. The van der Waals surface area contributed by atoms with E-state index in [1.54, 1.807) is 0 Å². The van der Waals surface area contributed by atoms with Crippen molar-refractivity contribution in [3.63, 3.8) is 0 Å². The van der Waals surface area contributed by atoms with Crippen LogP contribution < -0.4 is 5.32 Å². The van der Waals surface area contributed by atoms with Crippen LogP contribution in [0.5, 0.6) is 0 Å². The van der Waals surface area contributed by atoms with Crippen molar-refractivity contribution < 1.29 is 0 Å². The van der Waals surface area contributed by atoms with E-state index in [0.29, 0.717) is 5.92 Å². The van der Waals surface area contributed by atoms with E-state index in [-0.39, 0.29) is 0 Å². The van der Waals surface area contributed by atoms with E-state index in [4.69, 9.17) is 0 Å². The van der Waals surface area contributed by atoms with Gasteiger partial charge in [-0.1, -0.05) is 57.2 Å². The fourth-order valence-corrected chi connectivity index (χ4v) is 2.10. The first-order valence-electron chi connectivity index (χ1n) is 7.10. The molecule has 100 valence electrons. The molecule has 1 heteroatoms. The molecule has 0 saturated carbocycles. The van der Waals surface area contributed by atoms with Crippen molar-refractivity contribution in [2.75, 3.05) is 5.32 Å². The normalized spacial score (nSPS) is 10.7. The molecule has 0 bridgehead atoms. The molecule has 0 atom stereocenters. The molecule has 0 heterocycles. The van der Waals surface area contributed by atoms with Crippen LogP contribution in [0.2, 0.25) is 0 Å². The maximum atomic E-state index is 3.49. The second-order valence-electron chi connectivity index (χ2n) is 5.30. The highest BCUT2D eigenvalue weighted by Crippen LogP contribution is 2.19. The van der Waals surface area contributed by atoms with Gasteiger partial charge >= 0.3 is 0 Å². The SMILES string of the molecule is CCc1ccc(CNc2cccc(C(C)C)c2)cc1. The summed E-state index contributed by atoms with van der Waals surface area (Å²) in [6.45, 7) is 7.52. The van der Waals surface area contributed by atoms with Gasteiger partial charge < -0.3 is 5.32 Å². The topological polar surface area (TPSA) is 12.0 Å². The highest BCUT2D eigenvalue weighted by molar-refractivity contribution is 5.47. The Hall–Kier alpha value is -1.76. The minimum Gasteiger partial charge on any atom is -0.381 e. The summed E-state index contributed by atoms with van der Waals surface area (Å²) in [5.74, 6) is 0.575. The van der Waals surface area contributed by atoms with Gasteiger partial charge in [0.25, 0.3) is 0 Å². The van der Waals surface area contributed by atoms with Crippen LogP contribution in [0.25, 0.3) is 0 Å². The largest absolute Gasteiger partial charge is 0.381 e. The maximum absolute atomic E-state index is 3.49. The van der Waals surface area contributed by atoms with Crippen LogP contribution in [0.1, 0.15) is 43.4 Å². The average Bonchev–Trinajstić information content (AvgIpc) is 2.46.